The highest BCUT2D eigenvalue weighted by Crippen LogP contribution is 2.37. The summed E-state index contributed by atoms with van der Waals surface area (Å²) in [5.41, 5.74) is 2.21. The van der Waals surface area contributed by atoms with E-state index in [9.17, 15) is 0 Å². The molecule has 7 heterocycles. The van der Waals surface area contributed by atoms with Gasteiger partial charge < -0.3 is 0 Å². The molecule has 0 spiro atoms. The summed E-state index contributed by atoms with van der Waals surface area (Å²) in [7, 11) is 0. The van der Waals surface area contributed by atoms with E-state index in [-0.39, 0.29) is 12.3 Å². The van der Waals surface area contributed by atoms with Crippen molar-refractivity contribution < 1.29 is 0 Å². The van der Waals surface area contributed by atoms with Crippen LogP contribution in [0.2, 0.25) is 0 Å². The van der Waals surface area contributed by atoms with Crippen molar-refractivity contribution in [3.05, 3.63) is 24.8 Å². The maximum atomic E-state index is 4.76. The van der Waals surface area contributed by atoms with E-state index in [4.69, 9.17) is 4.99 Å². The molecule has 4 aromatic rings. The van der Waals surface area contributed by atoms with Gasteiger partial charge in [-0.1, -0.05) is 0 Å². The quantitative estimate of drug-likeness (QED) is 0.427. The van der Waals surface area contributed by atoms with Gasteiger partial charge in [0, 0.05) is 37.2 Å². The molecule has 0 aliphatic carbocycles. The number of imidazole rings is 2. The highest BCUT2D eigenvalue weighted by molar-refractivity contribution is 6.17. The Kier molecular flexibility index (Phi) is 2.12. The topological polar surface area (TPSA) is 128 Å². The molecule has 12 nitrogen and oxygen atoms in total. The summed E-state index contributed by atoms with van der Waals surface area (Å²) in [6, 6.07) is 0. The van der Waals surface area contributed by atoms with E-state index in [0.717, 1.165) is 0 Å². The molecule has 0 fully saturated rings. The Morgan fingerprint density at radius 3 is 2.19 bits per heavy atom. The summed E-state index contributed by atoms with van der Waals surface area (Å²) < 4.78 is 3.68. The first-order valence-electron chi connectivity index (χ1n) is 8.22. The van der Waals surface area contributed by atoms with Gasteiger partial charge in [-0.3, -0.25) is 14.9 Å². The first-order valence-corrected chi connectivity index (χ1v) is 8.22. The van der Waals surface area contributed by atoms with Crippen LogP contribution in [0.1, 0.15) is 0 Å². The smallest absolute Gasteiger partial charge is 0.229 e. The van der Waals surface area contributed by atoms with Gasteiger partial charge in [0.15, 0.2) is 34.9 Å². The lowest BCUT2D eigenvalue weighted by Crippen LogP contribution is -2.46. The van der Waals surface area contributed by atoms with Gasteiger partial charge in [-0.15, -0.1) is 0 Å². The molecule has 2 atom stereocenters. The molecular formula is C15H8N12. The van der Waals surface area contributed by atoms with Crippen molar-refractivity contribution in [2.75, 3.05) is 4.90 Å². The van der Waals surface area contributed by atoms with E-state index in [0.29, 0.717) is 40.4 Å². The van der Waals surface area contributed by atoms with Crippen LogP contribution in [0.25, 0.3) is 28.5 Å². The van der Waals surface area contributed by atoms with Gasteiger partial charge >= 0.3 is 0 Å². The van der Waals surface area contributed by atoms with E-state index < -0.39 is 0 Å². The predicted octanol–water partition coefficient (Wildman–Crippen LogP) is -0.200. The highest BCUT2D eigenvalue weighted by Gasteiger charge is 2.46. The zero-order chi connectivity index (χ0) is 17.5. The van der Waals surface area contributed by atoms with Crippen LogP contribution in [0.4, 0.5) is 5.95 Å². The highest BCUT2D eigenvalue weighted by atomic mass is 15.6. The van der Waals surface area contributed by atoms with Gasteiger partial charge in [0.25, 0.3) is 0 Å². The molecule has 0 radical (unpaired) electrons. The van der Waals surface area contributed by atoms with Crippen molar-refractivity contribution >= 4 is 46.9 Å². The molecule has 0 aromatic carbocycles. The average molecular weight is 356 g/mol. The summed E-state index contributed by atoms with van der Waals surface area (Å²) in [5.74, 6) is 1.78. The number of hydrogen-bond acceptors (Lipinski definition) is 10. The Morgan fingerprint density at radius 1 is 0.704 bits per heavy atom. The number of nitrogens with zero attached hydrogens (tertiary/aromatic N) is 12. The van der Waals surface area contributed by atoms with Gasteiger partial charge in [-0.25, -0.2) is 34.1 Å². The Morgan fingerprint density at radius 2 is 1.37 bits per heavy atom. The van der Waals surface area contributed by atoms with Gasteiger partial charge in [0.2, 0.25) is 17.9 Å². The standard InChI is InChI=1S/C15H8N12/c1-4-19-10-7(16-1)22-13-25(10)14-23-9-12(21-6-3-18-9)27(14)15-24-8-11(26(13)15)20-5-2-17-8/h1-7,10H. The number of aromatic nitrogens is 8. The van der Waals surface area contributed by atoms with Crippen LogP contribution >= 0.6 is 0 Å². The Bertz CT molecular complexity index is 1360. The zero-order valence-corrected chi connectivity index (χ0v) is 13.5. The number of fused-ring (bicyclic) bond motifs is 12. The number of anilines is 1. The molecule has 0 N–H and O–H groups in total. The summed E-state index contributed by atoms with van der Waals surface area (Å²) in [5, 5.41) is 0. The van der Waals surface area contributed by atoms with Gasteiger partial charge in [0.1, 0.15) is 0 Å². The van der Waals surface area contributed by atoms with Crippen molar-refractivity contribution in [2.45, 2.75) is 12.3 Å². The van der Waals surface area contributed by atoms with Crippen LogP contribution in [-0.2, 0) is 0 Å². The Hall–Kier alpha value is -4.09. The molecular weight excluding hydrogens is 348 g/mol. The molecule has 0 saturated carbocycles. The number of aliphatic imine (C=N–C) groups is 3. The van der Waals surface area contributed by atoms with E-state index in [1.165, 1.54) is 0 Å². The van der Waals surface area contributed by atoms with Crippen molar-refractivity contribution in [3.8, 4) is 5.95 Å². The molecule has 4 aromatic heterocycles. The molecule has 0 amide bonds. The lowest BCUT2D eigenvalue weighted by atomic mass is 10.3. The van der Waals surface area contributed by atoms with Crippen molar-refractivity contribution in [2.24, 2.45) is 15.0 Å². The van der Waals surface area contributed by atoms with Crippen LogP contribution in [0.5, 0.6) is 0 Å². The van der Waals surface area contributed by atoms with Crippen LogP contribution in [-0.4, -0.2) is 69.8 Å². The molecule has 27 heavy (non-hydrogen) atoms. The average Bonchev–Trinajstić information content (AvgIpc) is 3.38. The fourth-order valence-corrected chi connectivity index (χ4v) is 3.66. The maximum Gasteiger partial charge on any atom is 0.229 e. The minimum Gasteiger partial charge on any atom is -0.262 e. The number of hydrogen-bond donors (Lipinski definition) is 0. The lowest BCUT2D eigenvalue weighted by molar-refractivity contribution is 0.586. The monoisotopic (exact) mass is 356 g/mol. The summed E-state index contributed by atoms with van der Waals surface area (Å²) in [4.78, 5) is 42.6. The minimum atomic E-state index is -0.362. The van der Waals surface area contributed by atoms with Crippen molar-refractivity contribution in [3.63, 3.8) is 0 Å². The molecule has 0 saturated heterocycles. The zero-order valence-electron chi connectivity index (χ0n) is 13.5. The molecule has 3 aliphatic heterocycles. The minimum absolute atomic E-state index is 0.331. The van der Waals surface area contributed by atoms with E-state index in [1.54, 1.807) is 37.2 Å². The fraction of sp³-hybridized carbons (Fsp3) is 0.133. The molecule has 2 unspecified atom stereocenters. The van der Waals surface area contributed by atoms with E-state index in [1.807, 2.05) is 14.0 Å². The number of rotatable bonds is 0. The summed E-state index contributed by atoms with van der Waals surface area (Å²) >= 11 is 0. The second-order valence-corrected chi connectivity index (χ2v) is 6.12. The maximum absolute atomic E-state index is 4.76. The third-order valence-electron chi connectivity index (χ3n) is 4.71. The van der Waals surface area contributed by atoms with E-state index >= 15 is 0 Å². The van der Waals surface area contributed by atoms with Crippen LogP contribution in [0, 0.1) is 0 Å². The predicted molar refractivity (Wildman–Crippen MR) is 95.4 cm³/mol. The van der Waals surface area contributed by atoms with Crippen LogP contribution in [0.3, 0.4) is 0 Å². The van der Waals surface area contributed by atoms with Crippen LogP contribution in [0.15, 0.2) is 39.8 Å². The molecule has 12 heteroatoms. The van der Waals surface area contributed by atoms with Crippen molar-refractivity contribution in [1.82, 2.24) is 39.0 Å². The largest absolute Gasteiger partial charge is 0.262 e. The lowest BCUT2D eigenvalue weighted by Gasteiger charge is -2.30. The first-order chi connectivity index (χ1) is 13.4. The fourth-order valence-electron chi connectivity index (χ4n) is 3.66. The SMILES string of the molecule is C1=NC2N=C3N(c4nc5nccnc5n4-c4nc5nccnc5n43)C2N=C1. The third-order valence-corrected chi connectivity index (χ3v) is 4.71. The Balaban J connectivity index is 1.66. The van der Waals surface area contributed by atoms with Crippen molar-refractivity contribution in [1.29, 1.82) is 0 Å². The third kappa shape index (κ3) is 1.47. The van der Waals surface area contributed by atoms with Gasteiger partial charge in [0.05, 0.1) is 0 Å². The first kappa shape index (κ1) is 13.2. The molecule has 0 bridgehead atoms. The molecule has 128 valence electrons. The summed E-state index contributed by atoms with van der Waals surface area (Å²) in [6.45, 7) is 0. The second kappa shape index (κ2) is 4.35. The Labute approximate surface area is 149 Å². The van der Waals surface area contributed by atoms with Crippen LogP contribution < -0.4 is 4.90 Å². The molecule has 3 aliphatic rings. The van der Waals surface area contributed by atoms with E-state index in [2.05, 4.69) is 39.9 Å². The second-order valence-electron chi connectivity index (χ2n) is 6.12. The summed E-state index contributed by atoms with van der Waals surface area (Å²) in [6.07, 6.45) is 9.10. The van der Waals surface area contributed by atoms with Gasteiger partial charge in [-0.2, -0.15) is 9.97 Å². The molecule has 7 rings (SSSR count). The van der Waals surface area contributed by atoms with Gasteiger partial charge in [-0.05, 0) is 0 Å². The normalized spacial score (nSPS) is 21.9.